The van der Waals surface area contributed by atoms with E-state index in [1.165, 1.54) is 0 Å². The highest BCUT2D eigenvalue weighted by molar-refractivity contribution is 9.10. The predicted molar refractivity (Wildman–Crippen MR) is 119 cm³/mol. The fourth-order valence-electron chi connectivity index (χ4n) is 2.95. The van der Waals surface area contributed by atoms with Crippen molar-refractivity contribution < 1.29 is 9.53 Å². The molecule has 0 saturated carbocycles. The molecule has 0 saturated heterocycles. The molecule has 0 radical (unpaired) electrons. The number of ether oxygens (including phenoxy) is 1. The molecule has 0 aliphatic carbocycles. The molecule has 0 unspecified atom stereocenters. The topological polar surface area (TPSA) is 56.2 Å². The minimum Gasteiger partial charge on any atom is -0.489 e. The van der Waals surface area contributed by atoms with Crippen LogP contribution in [0.1, 0.15) is 33.7 Å². The van der Waals surface area contributed by atoms with Crippen molar-refractivity contribution in [2.45, 2.75) is 33.4 Å². The molecule has 7 heteroatoms. The van der Waals surface area contributed by atoms with Crippen molar-refractivity contribution in [3.63, 3.8) is 0 Å². The minimum atomic E-state index is -0.0934. The van der Waals surface area contributed by atoms with Gasteiger partial charge in [0.05, 0.1) is 10.2 Å². The van der Waals surface area contributed by atoms with Gasteiger partial charge in [0.2, 0.25) is 0 Å². The first kappa shape index (κ1) is 21.4. The summed E-state index contributed by atoms with van der Waals surface area (Å²) in [4.78, 5) is 12.5. The number of nitrogens with one attached hydrogen (secondary N) is 1. The van der Waals surface area contributed by atoms with E-state index in [0.717, 1.165) is 34.4 Å². The number of carbonyl (C=O) groups is 1. The SMILES string of the molecule is Cc1nn(CCCNC(=O)c2cccc(COc3cccc(Cl)c3)c2)c(C)c1Br. The molecule has 2 aromatic carbocycles. The highest BCUT2D eigenvalue weighted by atomic mass is 79.9. The van der Waals surface area contributed by atoms with E-state index < -0.39 is 0 Å². The smallest absolute Gasteiger partial charge is 0.251 e. The van der Waals surface area contributed by atoms with E-state index in [1.807, 2.05) is 48.9 Å². The fourth-order valence-corrected chi connectivity index (χ4v) is 3.42. The summed E-state index contributed by atoms with van der Waals surface area (Å²) in [5, 5.41) is 8.08. The van der Waals surface area contributed by atoms with Crippen LogP contribution in [0.15, 0.2) is 53.0 Å². The lowest BCUT2D eigenvalue weighted by atomic mass is 10.1. The highest BCUT2D eigenvalue weighted by Gasteiger charge is 2.09. The van der Waals surface area contributed by atoms with Crippen LogP contribution in [-0.2, 0) is 13.2 Å². The third-order valence-electron chi connectivity index (χ3n) is 4.52. The van der Waals surface area contributed by atoms with E-state index in [9.17, 15) is 4.79 Å². The van der Waals surface area contributed by atoms with Crippen molar-refractivity contribution >= 4 is 33.4 Å². The second kappa shape index (κ2) is 9.94. The average Bonchev–Trinajstić information content (AvgIpc) is 2.96. The Balaban J connectivity index is 1.49. The molecule has 1 heterocycles. The van der Waals surface area contributed by atoms with Crippen molar-refractivity contribution in [2.24, 2.45) is 0 Å². The van der Waals surface area contributed by atoms with Crippen LogP contribution in [0.3, 0.4) is 0 Å². The van der Waals surface area contributed by atoms with Crippen LogP contribution >= 0.6 is 27.5 Å². The number of hydrogen-bond acceptors (Lipinski definition) is 3. The Bertz CT molecular complexity index is 1000. The normalized spacial score (nSPS) is 10.8. The first-order valence-corrected chi connectivity index (χ1v) is 10.6. The van der Waals surface area contributed by atoms with Gasteiger partial charge in [-0.2, -0.15) is 5.10 Å². The summed E-state index contributed by atoms with van der Waals surface area (Å²) in [7, 11) is 0. The van der Waals surface area contributed by atoms with E-state index in [-0.39, 0.29) is 5.91 Å². The molecule has 3 aromatic rings. The fraction of sp³-hybridized carbons (Fsp3) is 0.273. The molecule has 0 bridgehead atoms. The van der Waals surface area contributed by atoms with E-state index in [1.54, 1.807) is 18.2 Å². The van der Waals surface area contributed by atoms with Gasteiger partial charge in [-0.25, -0.2) is 0 Å². The predicted octanol–water partition coefficient (Wildman–Crippen LogP) is 5.31. The van der Waals surface area contributed by atoms with E-state index in [2.05, 4.69) is 26.3 Å². The third-order valence-corrected chi connectivity index (χ3v) is 5.90. The molecule has 0 aliphatic heterocycles. The second-order valence-corrected chi connectivity index (χ2v) is 7.99. The number of amides is 1. The molecular weight excluding hydrogens is 454 g/mol. The minimum absolute atomic E-state index is 0.0934. The van der Waals surface area contributed by atoms with Gasteiger partial charge in [0.15, 0.2) is 0 Å². The zero-order chi connectivity index (χ0) is 20.8. The molecule has 29 heavy (non-hydrogen) atoms. The lowest BCUT2D eigenvalue weighted by Gasteiger charge is -2.09. The molecule has 1 amide bonds. The molecule has 0 spiro atoms. The maximum atomic E-state index is 12.5. The Morgan fingerprint density at radius 3 is 2.72 bits per heavy atom. The molecule has 1 aromatic heterocycles. The summed E-state index contributed by atoms with van der Waals surface area (Å²) in [6.45, 7) is 5.70. The summed E-state index contributed by atoms with van der Waals surface area (Å²) in [6.07, 6.45) is 0.803. The van der Waals surface area contributed by atoms with Gasteiger partial charge in [0, 0.05) is 29.4 Å². The number of nitrogens with zero attached hydrogens (tertiary/aromatic N) is 2. The highest BCUT2D eigenvalue weighted by Crippen LogP contribution is 2.20. The van der Waals surface area contributed by atoms with Crippen LogP contribution in [0.25, 0.3) is 0 Å². The van der Waals surface area contributed by atoms with Crippen LogP contribution in [0.4, 0.5) is 0 Å². The molecule has 0 aliphatic rings. The standard InChI is InChI=1S/C22H23BrClN3O2/c1-15-21(23)16(2)27(26-15)11-5-10-25-22(28)18-7-3-6-17(12-18)14-29-20-9-4-8-19(24)13-20/h3-4,6-9,12-13H,5,10-11,14H2,1-2H3,(H,25,28). The Morgan fingerprint density at radius 2 is 2.00 bits per heavy atom. The number of halogens is 2. The Morgan fingerprint density at radius 1 is 1.21 bits per heavy atom. The lowest BCUT2D eigenvalue weighted by molar-refractivity contribution is 0.0952. The van der Waals surface area contributed by atoms with Gasteiger partial charge in [-0.1, -0.05) is 29.8 Å². The average molecular weight is 477 g/mol. The molecule has 3 rings (SSSR count). The molecule has 5 nitrogen and oxygen atoms in total. The van der Waals surface area contributed by atoms with Crippen molar-refractivity contribution in [2.75, 3.05) is 6.54 Å². The van der Waals surface area contributed by atoms with Crippen LogP contribution < -0.4 is 10.1 Å². The van der Waals surface area contributed by atoms with Crippen molar-refractivity contribution in [3.05, 3.63) is 80.5 Å². The van der Waals surface area contributed by atoms with Gasteiger partial charge < -0.3 is 10.1 Å². The van der Waals surface area contributed by atoms with Gasteiger partial charge in [0.1, 0.15) is 12.4 Å². The van der Waals surface area contributed by atoms with Crippen LogP contribution in [-0.4, -0.2) is 22.2 Å². The summed E-state index contributed by atoms with van der Waals surface area (Å²) in [6, 6.07) is 14.7. The monoisotopic (exact) mass is 475 g/mol. The van der Waals surface area contributed by atoms with Crippen molar-refractivity contribution in [3.8, 4) is 5.75 Å². The van der Waals surface area contributed by atoms with Gasteiger partial charge >= 0.3 is 0 Å². The van der Waals surface area contributed by atoms with E-state index in [4.69, 9.17) is 16.3 Å². The number of aryl methyl sites for hydroxylation is 2. The molecular formula is C22H23BrClN3O2. The summed E-state index contributed by atoms with van der Waals surface area (Å²) < 4.78 is 8.75. The molecule has 152 valence electrons. The number of carbonyl (C=O) groups excluding carboxylic acids is 1. The van der Waals surface area contributed by atoms with E-state index in [0.29, 0.717) is 29.5 Å². The number of aromatic nitrogens is 2. The maximum Gasteiger partial charge on any atom is 0.251 e. The van der Waals surface area contributed by atoms with Gasteiger partial charge in [-0.05, 0) is 72.1 Å². The number of benzene rings is 2. The quantitative estimate of drug-likeness (QED) is 0.448. The first-order chi connectivity index (χ1) is 13.9. The molecule has 0 fully saturated rings. The molecule has 0 atom stereocenters. The second-order valence-electron chi connectivity index (χ2n) is 6.76. The largest absolute Gasteiger partial charge is 0.489 e. The van der Waals surface area contributed by atoms with Gasteiger partial charge in [-0.15, -0.1) is 0 Å². The first-order valence-electron chi connectivity index (χ1n) is 9.39. The molecule has 1 N–H and O–H groups in total. The summed E-state index contributed by atoms with van der Waals surface area (Å²) in [5.41, 5.74) is 3.61. The zero-order valence-corrected chi connectivity index (χ0v) is 18.8. The zero-order valence-electron chi connectivity index (χ0n) is 16.4. The van der Waals surface area contributed by atoms with E-state index >= 15 is 0 Å². The number of hydrogen-bond donors (Lipinski definition) is 1. The summed E-state index contributed by atoms with van der Waals surface area (Å²) >= 11 is 9.50. The number of rotatable bonds is 8. The van der Waals surface area contributed by atoms with Crippen molar-refractivity contribution in [1.82, 2.24) is 15.1 Å². The third kappa shape index (κ3) is 5.84. The Hall–Kier alpha value is -2.31. The Labute approximate surface area is 184 Å². The Kier molecular flexibility index (Phi) is 7.34. The van der Waals surface area contributed by atoms with Crippen molar-refractivity contribution in [1.29, 1.82) is 0 Å². The lowest BCUT2D eigenvalue weighted by Crippen LogP contribution is -2.25. The van der Waals surface area contributed by atoms with Crippen LogP contribution in [0, 0.1) is 13.8 Å². The van der Waals surface area contributed by atoms with Crippen LogP contribution in [0.2, 0.25) is 5.02 Å². The summed E-state index contributed by atoms with van der Waals surface area (Å²) in [5.74, 6) is 0.604. The van der Waals surface area contributed by atoms with Gasteiger partial charge in [-0.3, -0.25) is 9.48 Å². The van der Waals surface area contributed by atoms with Gasteiger partial charge in [0.25, 0.3) is 5.91 Å². The van der Waals surface area contributed by atoms with Crippen LogP contribution in [0.5, 0.6) is 5.75 Å². The maximum absolute atomic E-state index is 12.5.